The summed E-state index contributed by atoms with van der Waals surface area (Å²) in [5.41, 5.74) is 6.26. The standard InChI is InChI=1S/C14H26N4O/c1-4-18-13(16-10-17-18)9-12(15)14(19-3)7-5-11(2)6-8-14/h10-12H,4-9,15H2,1-3H3. The lowest BCUT2D eigenvalue weighted by molar-refractivity contribution is -0.0664. The van der Waals surface area contributed by atoms with Gasteiger partial charge in [-0.3, -0.25) is 4.68 Å². The molecule has 2 rings (SSSR count). The number of methoxy groups -OCH3 is 1. The van der Waals surface area contributed by atoms with Crippen LogP contribution < -0.4 is 5.73 Å². The topological polar surface area (TPSA) is 66.0 Å². The first-order valence-corrected chi connectivity index (χ1v) is 7.28. The zero-order chi connectivity index (χ0) is 13.9. The van der Waals surface area contributed by atoms with Gasteiger partial charge in [-0.1, -0.05) is 6.92 Å². The Hall–Kier alpha value is -0.940. The lowest BCUT2D eigenvalue weighted by Crippen LogP contribution is -2.53. The average molecular weight is 266 g/mol. The van der Waals surface area contributed by atoms with E-state index >= 15 is 0 Å². The van der Waals surface area contributed by atoms with Gasteiger partial charge in [-0.25, -0.2) is 4.98 Å². The summed E-state index contributed by atoms with van der Waals surface area (Å²) in [4.78, 5) is 4.32. The zero-order valence-corrected chi connectivity index (χ0v) is 12.3. The highest BCUT2D eigenvalue weighted by molar-refractivity contribution is 5.00. The van der Waals surface area contributed by atoms with E-state index in [9.17, 15) is 0 Å². The number of hydrogen-bond acceptors (Lipinski definition) is 4. The summed E-state index contributed by atoms with van der Waals surface area (Å²) in [5.74, 6) is 1.75. The van der Waals surface area contributed by atoms with Crippen LogP contribution in [0.1, 0.15) is 45.4 Å². The summed E-state index contributed by atoms with van der Waals surface area (Å²) in [6, 6.07) is -0.0144. The minimum absolute atomic E-state index is 0.0144. The Bertz CT molecular complexity index is 396. The van der Waals surface area contributed by atoms with Gasteiger partial charge in [-0.05, 0) is 38.5 Å². The highest BCUT2D eigenvalue weighted by Crippen LogP contribution is 2.36. The van der Waals surface area contributed by atoms with Crippen molar-refractivity contribution in [2.45, 2.75) is 64.1 Å². The number of aromatic nitrogens is 3. The van der Waals surface area contributed by atoms with E-state index in [1.165, 1.54) is 12.8 Å². The molecular weight excluding hydrogens is 240 g/mol. The van der Waals surface area contributed by atoms with Gasteiger partial charge >= 0.3 is 0 Å². The predicted octanol–water partition coefficient (Wildman–Crippen LogP) is 1.76. The summed E-state index contributed by atoms with van der Waals surface area (Å²) in [6.07, 6.45) is 6.83. The number of ether oxygens (including phenoxy) is 1. The Labute approximate surface area is 115 Å². The second kappa shape index (κ2) is 6.01. The van der Waals surface area contributed by atoms with Gasteiger partial charge in [0.2, 0.25) is 0 Å². The lowest BCUT2D eigenvalue weighted by atomic mass is 9.74. The van der Waals surface area contributed by atoms with Crippen molar-refractivity contribution in [1.82, 2.24) is 14.8 Å². The van der Waals surface area contributed by atoms with Crippen LogP contribution in [-0.2, 0) is 17.7 Å². The van der Waals surface area contributed by atoms with E-state index in [0.29, 0.717) is 0 Å². The van der Waals surface area contributed by atoms with Crippen molar-refractivity contribution >= 4 is 0 Å². The van der Waals surface area contributed by atoms with Gasteiger partial charge in [0.1, 0.15) is 12.2 Å². The number of aryl methyl sites for hydroxylation is 1. The third-order valence-electron chi connectivity index (χ3n) is 4.60. The van der Waals surface area contributed by atoms with E-state index in [0.717, 1.165) is 37.5 Å². The van der Waals surface area contributed by atoms with Crippen molar-refractivity contribution in [3.05, 3.63) is 12.2 Å². The maximum absolute atomic E-state index is 6.45. The van der Waals surface area contributed by atoms with E-state index in [4.69, 9.17) is 10.5 Å². The third-order valence-corrected chi connectivity index (χ3v) is 4.60. The molecule has 1 aliphatic rings. The molecule has 0 aliphatic heterocycles. The highest BCUT2D eigenvalue weighted by atomic mass is 16.5. The molecule has 1 saturated carbocycles. The van der Waals surface area contributed by atoms with E-state index in [2.05, 4.69) is 23.9 Å². The van der Waals surface area contributed by atoms with E-state index < -0.39 is 0 Å². The maximum atomic E-state index is 6.45. The van der Waals surface area contributed by atoms with Crippen molar-refractivity contribution in [2.75, 3.05) is 7.11 Å². The number of nitrogens with zero attached hydrogens (tertiary/aromatic N) is 3. The van der Waals surface area contributed by atoms with Gasteiger partial charge in [-0.2, -0.15) is 5.10 Å². The Morgan fingerprint density at radius 1 is 1.53 bits per heavy atom. The van der Waals surface area contributed by atoms with Crippen molar-refractivity contribution in [1.29, 1.82) is 0 Å². The fraction of sp³-hybridized carbons (Fsp3) is 0.857. The van der Waals surface area contributed by atoms with Gasteiger partial charge in [-0.15, -0.1) is 0 Å². The second-order valence-electron chi connectivity index (χ2n) is 5.75. The van der Waals surface area contributed by atoms with Crippen LogP contribution in [0, 0.1) is 5.92 Å². The van der Waals surface area contributed by atoms with Crippen LogP contribution in [0.5, 0.6) is 0 Å². The fourth-order valence-electron chi connectivity index (χ4n) is 3.07. The van der Waals surface area contributed by atoms with Crippen molar-refractivity contribution in [2.24, 2.45) is 11.7 Å². The van der Waals surface area contributed by atoms with Crippen LogP contribution in [-0.4, -0.2) is 33.5 Å². The zero-order valence-electron chi connectivity index (χ0n) is 12.3. The highest BCUT2D eigenvalue weighted by Gasteiger charge is 2.40. The molecule has 1 aromatic rings. The molecule has 1 aliphatic carbocycles. The minimum atomic E-state index is -0.184. The molecule has 108 valence electrons. The molecule has 1 unspecified atom stereocenters. The van der Waals surface area contributed by atoms with Crippen molar-refractivity contribution < 1.29 is 4.74 Å². The Morgan fingerprint density at radius 2 is 2.21 bits per heavy atom. The fourth-order valence-corrected chi connectivity index (χ4v) is 3.07. The van der Waals surface area contributed by atoms with Gasteiger partial charge < -0.3 is 10.5 Å². The quantitative estimate of drug-likeness (QED) is 0.882. The molecular formula is C14H26N4O. The maximum Gasteiger partial charge on any atom is 0.138 e. The first-order valence-electron chi connectivity index (χ1n) is 7.28. The van der Waals surface area contributed by atoms with E-state index in [1.54, 1.807) is 13.4 Å². The summed E-state index contributed by atoms with van der Waals surface area (Å²) in [5, 5.41) is 4.20. The van der Waals surface area contributed by atoms with Gasteiger partial charge in [0.05, 0.1) is 5.60 Å². The molecule has 0 spiro atoms. The molecule has 1 heterocycles. The first kappa shape index (κ1) is 14.5. The third kappa shape index (κ3) is 2.98. The molecule has 0 aromatic carbocycles. The molecule has 0 radical (unpaired) electrons. The Balaban J connectivity index is 2.07. The Kier molecular flexibility index (Phi) is 4.58. The van der Waals surface area contributed by atoms with Crippen LogP contribution in [0.25, 0.3) is 0 Å². The van der Waals surface area contributed by atoms with Crippen LogP contribution in [0.3, 0.4) is 0 Å². The van der Waals surface area contributed by atoms with E-state index in [1.807, 2.05) is 4.68 Å². The molecule has 0 amide bonds. The summed E-state index contributed by atoms with van der Waals surface area (Å²) >= 11 is 0. The molecule has 5 heteroatoms. The number of hydrogen-bond donors (Lipinski definition) is 1. The van der Waals surface area contributed by atoms with Gasteiger partial charge in [0.15, 0.2) is 0 Å². The van der Waals surface area contributed by atoms with Crippen molar-refractivity contribution in [3.8, 4) is 0 Å². The SMILES string of the molecule is CCn1ncnc1CC(N)C1(OC)CCC(C)CC1. The van der Waals surface area contributed by atoms with Gasteiger partial charge in [0, 0.05) is 26.1 Å². The molecule has 0 saturated heterocycles. The predicted molar refractivity (Wildman–Crippen MR) is 74.7 cm³/mol. The number of nitrogens with two attached hydrogens (primary N) is 1. The molecule has 5 nitrogen and oxygen atoms in total. The molecule has 1 fully saturated rings. The van der Waals surface area contributed by atoms with Crippen LogP contribution in [0.2, 0.25) is 0 Å². The lowest BCUT2D eigenvalue weighted by Gasteiger charge is -2.42. The smallest absolute Gasteiger partial charge is 0.138 e. The molecule has 1 atom stereocenters. The van der Waals surface area contributed by atoms with E-state index in [-0.39, 0.29) is 11.6 Å². The summed E-state index contributed by atoms with van der Waals surface area (Å²) < 4.78 is 7.74. The normalized spacial score (nSPS) is 29.4. The van der Waals surface area contributed by atoms with Crippen LogP contribution >= 0.6 is 0 Å². The number of rotatable bonds is 5. The molecule has 2 N–H and O–H groups in total. The monoisotopic (exact) mass is 266 g/mol. The van der Waals surface area contributed by atoms with Gasteiger partial charge in [0.25, 0.3) is 0 Å². The average Bonchev–Trinajstić information content (AvgIpc) is 2.87. The summed E-state index contributed by atoms with van der Waals surface area (Å²) in [7, 11) is 1.79. The molecule has 19 heavy (non-hydrogen) atoms. The molecule has 0 bridgehead atoms. The largest absolute Gasteiger partial charge is 0.377 e. The van der Waals surface area contributed by atoms with Crippen LogP contribution in [0.4, 0.5) is 0 Å². The minimum Gasteiger partial charge on any atom is -0.377 e. The second-order valence-corrected chi connectivity index (χ2v) is 5.75. The van der Waals surface area contributed by atoms with Crippen molar-refractivity contribution in [3.63, 3.8) is 0 Å². The van der Waals surface area contributed by atoms with Crippen LogP contribution in [0.15, 0.2) is 6.33 Å². The Morgan fingerprint density at radius 3 is 2.79 bits per heavy atom. The summed E-state index contributed by atoms with van der Waals surface area (Å²) in [6.45, 7) is 5.20. The molecule has 1 aromatic heterocycles. The first-order chi connectivity index (χ1) is 9.11.